The van der Waals surface area contributed by atoms with E-state index in [-0.39, 0.29) is 0 Å². The van der Waals surface area contributed by atoms with E-state index >= 15 is 0 Å². The van der Waals surface area contributed by atoms with Crippen LogP contribution in [0.4, 0.5) is 0 Å². The number of para-hydroxylation sites is 3. The molecular formula is C45H27N3O. The third-order valence-electron chi connectivity index (χ3n) is 9.44. The Bertz CT molecular complexity index is 2880. The number of furan rings is 1. The lowest BCUT2D eigenvalue weighted by Gasteiger charge is -2.16. The van der Waals surface area contributed by atoms with Gasteiger partial charge in [0.15, 0.2) is 5.82 Å². The molecule has 0 aliphatic heterocycles. The maximum Gasteiger partial charge on any atom is 0.160 e. The second-order valence-electron chi connectivity index (χ2n) is 12.3. The first-order valence-corrected chi connectivity index (χ1v) is 16.5. The van der Waals surface area contributed by atoms with Gasteiger partial charge in [-0.05, 0) is 35.9 Å². The van der Waals surface area contributed by atoms with E-state index in [2.05, 4.69) is 121 Å². The summed E-state index contributed by atoms with van der Waals surface area (Å²) >= 11 is 0. The van der Waals surface area contributed by atoms with Crippen LogP contribution in [-0.2, 0) is 0 Å². The van der Waals surface area contributed by atoms with Gasteiger partial charge in [0.2, 0.25) is 0 Å². The summed E-state index contributed by atoms with van der Waals surface area (Å²) in [5.74, 6) is 0.706. The highest BCUT2D eigenvalue weighted by Gasteiger charge is 2.22. The van der Waals surface area contributed by atoms with Crippen molar-refractivity contribution in [3.8, 4) is 45.0 Å². The number of nitrogens with zero attached hydrogens (tertiary/aromatic N) is 3. The lowest BCUT2D eigenvalue weighted by Crippen LogP contribution is -1.96. The average Bonchev–Trinajstić information content (AvgIpc) is 3.55. The minimum absolute atomic E-state index is 0.706. The largest absolute Gasteiger partial charge is 0.456 e. The molecule has 0 N–H and O–H groups in total. The van der Waals surface area contributed by atoms with Gasteiger partial charge in [0.1, 0.15) is 11.2 Å². The summed E-state index contributed by atoms with van der Waals surface area (Å²) in [5.41, 5.74) is 10.7. The summed E-state index contributed by atoms with van der Waals surface area (Å²) < 4.78 is 6.61. The Morgan fingerprint density at radius 1 is 0.347 bits per heavy atom. The van der Waals surface area contributed by atoms with Gasteiger partial charge in [0, 0.05) is 54.6 Å². The fourth-order valence-corrected chi connectivity index (χ4v) is 7.26. The normalized spacial score (nSPS) is 11.7. The molecule has 7 aromatic carbocycles. The zero-order valence-corrected chi connectivity index (χ0v) is 26.3. The van der Waals surface area contributed by atoms with Crippen LogP contribution in [0.3, 0.4) is 0 Å². The summed E-state index contributed by atoms with van der Waals surface area (Å²) in [6.45, 7) is 0. The Labute approximate surface area is 282 Å². The van der Waals surface area contributed by atoms with Crippen LogP contribution in [0.5, 0.6) is 0 Å². The van der Waals surface area contributed by atoms with Crippen molar-refractivity contribution >= 4 is 54.5 Å². The molecule has 0 amide bonds. The van der Waals surface area contributed by atoms with Gasteiger partial charge >= 0.3 is 0 Å². The standard InChI is InChI=1S/C45H27N3O/c1-3-14-28(15-4-1)43-35-27-39-42(34-22-9-12-25-38(34)49-39)40(41(35)32-20-7-10-23-36(32)46-43)30-18-13-19-31(26-30)44-33-21-8-11-24-37(33)47-45(48-44)29-16-5-2-6-17-29/h1-27H. The van der Waals surface area contributed by atoms with Gasteiger partial charge in [-0.2, -0.15) is 0 Å². The molecule has 228 valence electrons. The number of pyridine rings is 1. The van der Waals surface area contributed by atoms with Gasteiger partial charge in [-0.1, -0.05) is 133 Å². The van der Waals surface area contributed by atoms with Gasteiger partial charge in [-0.3, -0.25) is 0 Å². The van der Waals surface area contributed by atoms with Crippen LogP contribution in [0.25, 0.3) is 99.5 Å². The fraction of sp³-hybridized carbons (Fsp3) is 0. The summed E-state index contributed by atoms with van der Waals surface area (Å²) in [5, 5.41) is 6.49. The van der Waals surface area contributed by atoms with Crippen LogP contribution >= 0.6 is 0 Å². The monoisotopic (exact) mass is 625 g/mol. The maximum absolute atomic E-state index is 6.61. The van der Waals surface area contributed by atoms with Crippen LogP contribution in [0.15, 0.2) is 168 Å². The molecular weight excluding hydrogens is 599 g/mol. The quantitative estimate of drug-likeness (QED) is 0.183. The van der Waals surface area contributed by atoms with Crippen molar-refractivity contribution in [3.63, 3.8) is 0 Å². The highest BCUT2D eigenvalue weighted by atomic mass is 16.3. The zero-order chi connectivity index (χ0) is 32.3. The van der Waals surface area contributed by atoms with Crippen molar-refractivity contribution in [1.29, 1.82) is 0 Å². The molecule has 0 saturated carbocycles. The third kappa shape index (κ3) is 4.42. The van der Waals surface area contributed by atoms with Gasteiger partial charge in [0.05, 0.1) is 22.4 Å². The van der Waals surface area contributed by atoms with Gasteiger partial charge in [-0.25, -0.2) is 15.0 Å². The lowest BCUT2D eigenvalue weighted by molar-refractivity contribution is 0.669. The molecule has 3 aromatic heterocycles. The SMILES string of the molecule is c1ccc(-c2nc(-c3cccc(-c4c5c(cc6c(-c7ccccc7)nc7ccccc7c46)oc4ccccc45)c3)c3ccccc3n2)cc1. The molecule has 0 atom stereocenters. The van der Waals surface area contributed by atoms with Crippen molar-refractivity contribution in [1.82, 2.24) is 15.0 Å². The molecule has 0 unspecified atom stereocenters. The number of benzene rings is 7. The molecule has 0 saturated heterocycles. The molecule has 10 rings (SSSR count). The Balaban J connectivity index is 1.33. The van der Waals surface area contributed by atoms with Crippen LogP contribution in [0.2, 0.25) is 0 Å². The minimum Gasteiger partial charge on any atom is -0.456 e. The van der Waals surface area contributed by atoms with E-state index in [0.717, 1.165) is 93.7 Å². The molecule has 0 aliphatic carbocycles. The number of fused-ring (bicyclic) bond motifs is 7. The highest BCUT2D eigenvalue weighted by molar-refractivity contribution is 6.27. The smallest absolute Gasteiger partial charge is 0.160 e. The van der Waals surface area contributed by atoms with E-state index in [4.69, 9.17) is 19.4 Å². The Hall–Kier alpha value is -6.65. The molecule has 0 fully saturated rings. The van der Waals surface area contributed by atoms with Crippen molar-refractivity contribution in [2.45, 2.75) is 0 Å². The van der Waals surface area contributed by atoms with Gasteiger partial charge in [-0.15, -0.1) is 0 Å². The molecule has 0 aliphatic rings. The van der Waals surface area contributed by atoms with Crippen molar-refractivity contribution < 1.29 is 4.42 Å². The van der Waals surface area contributed by atoms with E-state index in [1.54, 1.807) is 0 Å². The summed E-state index contributed by atoms with van der Waals surface area (Å²) in [7, 11) is 0. The zero-order valence-electron chi connectivity index (χ0n) is 26.3. The Kier molecular flexibility index (Phi) is 6.15. The number of aromatic nitrogens is 3. The van der Waals surface area contributed by atoms with E-state index in [1.165, 1.54) is 0 Å². The number of hydrogen-bond acceptors (Lipinski definition) is 4. The second kappa shape index (κ2) is 11.0. The molecule has 3 heterocycles. The van der Waals surface area contributed by atoms with Gasteiger partial charge < -0.3 is 4.42 Å². The van der Waals surface area contributed by atoms with Gasteiger partial charge in [0.25, 0.3) is 0 Å². The van der Waals surface area contributed by atoms with Crippen molar-refractivity contribution in [2.24, 2.45) is 0 Å². The summed E-state index contributed by atoms with van der Waals surface area (Å²) in [4.78, 5) is 15.4. The minimum atomic E-state index is 0.706. The second-order valence-corrected chi connectivity index (χ2v) is 12.3. The molecule has 10 aromatic rings. The number of rotatable bonds is 4. The third-order valence-corrected chi connectivity index (χ3v) is 9.44. The van der Waals surface area contributed by atoms with Crippen LogP contribution in [0.1, 0.15) is 0 Å². The summed E-state index contributed by atoms with van der Waals surface area (Å²) in [6, 6.07) is 56.6. The van der Waals surface area contributed by atoms with E-state index in [0.29, 0.717) is 5.82 Å². The molecule has 0 radical (unpaired) electrons. The first-order valence-electron chi connectivity index (χ1n) is 16.5. The topological polar surface area (TPSA) is 51.8 Å². The predicted molar refractivity (Wildman–Crippen MR) is 201 cm³/mol. The molecule has 4 heteroatoms. The van der Waals surface area contributed by atoms with Crippen LogP contribution < -0.4 is 0 Å². The van der Waals surface area contributed by atoms with Crippen molar-refractivity contribution in [3.05, 3.63) is 164 Å². The molecule has 4 nitrogen and oxygen atoms in total. The summed E-state index contributed by atoms with van der Waals surface area (Å²) in [6.07, 6.45) is 0. The molecule has 0 bridgehead atoms. The highest BCUT2D eigenvalue weighted by Crippen LogP contribution is 2.46. The predicted octanol–water partition coefficient (Wildman–Crippen LogP) is 11.9. The van der Waals surface area contributed by atoms with E-state index < -0.39 is 0 Å². The molecule has 0 spiro atoms. The van der Waals surface area contributed by atoms with E-state index in [1.807, 2.05) is 42.5 Å². The average molecular weight is 626 g/mol. The first-order chi connectivity index (χ1) is 24.3. The first kappa shape index (κ1) is 27.5. The van der Waals surface area contributed by atoms with Crippen molar-refractivity contribution in [2.75, 3.05) is 0 Å². The van der Waals surface area contributed by atoms with Crippen LogP contribution in [-0.4, -0.2) is 15.0 Å². The fourth-order valence-electron chi connectivity index (χ4n) is 7.26. The number of hydrogen-bond donors (Lipinski definition) is 0. The Morgan fingerprint density at radius 3 is 1.73 bits per heavy atom. The van der Waals surface area contributed by atoms with Crippen LogP contribution in [0, 0.1) is 0 Å². The maximum atomic E-state index is 6.61. The van der Waals surface area contributed by atoms with E-state index in [9.17, 15) is 0 Å². The Morgan fingerprint density at radius 2 is 0.939 bits per heavy atom. The lowest BCUT2D eigenvalue weighted by atomic mass is 9.88. The molecule has 49 heavy (non-hydrogen) atoms.